The van der Waals surface area contributed by atoms with Crippen LogP contribution < -0.4 is 0 Å². The molecule has 7 heteroatoms. The van der Waals surface area contributed by atoms with E-state index in [1.807, 2.05) is 56.0 Å². The fourth-order valence-electron chi connectivity index (χ4n) is 5.60. The normalized spacial score (nSPS) is 21.5. The molecule has 192 valence electrons. The average Bonchev–Trinajstić information content (AvgIpc) is 3.45. The molecule has 36 heavy (non-hydrogen) atoms. The van der Waals surface area contributed by atoms with Gasteiger partial charge in [0.2, 0.25) is 5.91 Å². The van der Waals surface area contributed by atoms with Gasteiger partial charge in [-0.05, 0) is 63.3 Å². The van der Waals surface area contributed by atoms with Gasteiger partial charge < -0.3 is 19.6 Å². The van der Waals surface area contributed by atoms with Crippen molar-refractivity contribution in [1.82, 2.24) is 9.80 Å². The number of nitrogens with zero attached hydrogens (tertiary/aromatic N) is 2. The van der Waals surface area contributed by atoms with Crippen LogP contribution in [0.25, 0.3) is 0 Å². The molecule has 0 radical (unpaired) electrons. The minimum Gasteiger partial charge on any atom is -0.478 e. The van der Waals surface area contributed by atoms with Crippen LogP contribution in [0.15, 0.2) is 54.6 Å². The van der Waals surface area contributed by atoms with Gasteiger partial charge in [-0.1, -0.05) is 48.9 Å². The van der Waals surface area contributed by atoms with Gasteiger partial charge in [-0.25, -0.2) is 9.59 Å². The first-order valence-electron chi connectivity index (χ1n) is 12.7. The van der Waals surface area contributed by atoms with E-state index in [9.17, 15) is 19.5 Å². The number of carboxylic acids is 1. The number of ether oxygens (including phenoxy) is 1. The van der Waals surface area contributed by atoms with Gasteiger partial charge >= 0.3 is 12.1 Å². The number of amides is 2. The highest BCUT2D eigenvalue weighted by atomic mass is 16.6. The van der Waals surface area contributed by atoms with E-state index < -0.39 is 11.6 Å². The highest BCUT2D eigenvalue weighted by Gasteiger charge is 2.52. The number of hydrogen-bond acceptors (Lipinski definition) is 4. The topological polar surface area (TPSA) is 87.2 Å². The van der Waals surface area contributed by atoms with Crippen LogP contribution in [-0.4, -0.2) is 51.6 Å². The van der Waals surface area contributed by atoms with Gasteiger partial charge in [0.25, 0.3) is 0 Å². The molecule has 1 saturated heterocycles. The number of aromatic carboxylic acids is 1. The smallest absolute Gasteiger partial charge is 0.410 e. The fourth-order valence-corrected chi connectivity index (χ4v) is 5.60. The Hall–Kier alpha value is -3.35. The molecule has 1 saturated carbocycles. The van der Waals surface area contributed by atoms with Gasteiger partial charge in [0.1, 0.15) is 5.60 Å². The Morgan fingerprint density at radius 1 is 1.00 bits per heavy atom. The van der Waals surface area contributed by atoms with Crippen LogP contribution in [-0.2, 0) is 22.6 Å². The summed E-state index contributed by atoms with van der Waals surface area (Å²) in [6, 6.07) is 16.6. The molecule has 2 aliphatic rings. The van der Waals surface area contributed by atoms with E-state index in [0.717, 1.165) is 36.8 Å². The largest absolute Gasteiger partial charge is 0.478 e. The fraction of sp³-hybridized carbons (Fsp3) is 0.483. The number of carbonyl (C=O) groups is 3. The van der Waals surface area contributed by atoms with Gasteiger partial charge in [0.15, 0.2) is 0 Å². The molecule has 1 aliphatic heterocycles. The minimum atomic E-state index is -0.970. The molecule has 7 nitrogen and oxygen atoms in total. The highest BCUT2D eigenvalue weighted by molar-refractivity contribution is 5.87. The summed E-state index contributed by atoms with van der Waals surface area (Å²) < 4.78 is 5.60. The van der Waals surface area contributed by atoms with E-state index in [1.165, 1.54) is 0 Å². The maximum absolute atomic E-state index is 14.1. The number of hydrogen-bond donors (Lipinski definition) is 1. The summed E-state index contributed by atoms with van der Waals surface area (Å²) in [5.74, 6) is -1.03. The summed E-state index contributed by atoms with van der Waals surface area (Å²) in [6.07, 6.45) is 3.19. The number of benzene rings is 2. The van der Waals surface area contributed by atoms with Crippen molar-refractivity contribution in [2.45, 2.75) is 65.1 Å². The van der Waals surface area contributed by atoms with Crippen molar-refractivity contribution in [3.8, 4) is 0 Å². The third kappa shape index (κ3) is 5.89. The monoisotopic (exact) mass is 492 g/mol. The Balaban J connectivity index is 1.54. The molecule has 2 atom stereocenters. The third-order valence-electron chi connectivity index (χ3n) is 7.34. The molecule has 2 aromatic rings. The second-order valence-electron chi connectivity index (χ2n) is 11.1. The first-order chi connectivity index (χ1) is 17.1. The lowest BCUT2D eigenvalue weighted by Crippen LogP contribution is -2.43. The van der Waals surface area contributed by atoms with Crippen molar-refractivity contribution in [3.05, 3.63) is 71.3 Å². The summed E-state index contributed by atoms with van der Waals surface area (Å²) >= 11 is 0. The van der Waals surface area contributed by atoms with Crippen molar-refractivity contribution in [2.24, 2.45) is 11.3 Å². The van der Waals surface area contributed by atoms with Gasteiger partial charge in [-0.3, -0.25) is 4.79 Å². The van der Waals surface area contributed by atoms with Crippen molar-refractivity contribution >= 4 is 18.0 Å². The SMILES string of the molecule is CC(C)(C)OC(=O)N1CC[C@@]2(CCC[C@H]2C(=O)N(Cc2ccccc2)Cc2ccc(C(=O)O)cc2)C1. The van der Waals surface area contributed by atoms with Gasteiger partial charge in [0, 0.05) is 37.5 Å². The lowest BCUT2D eigenvalue weighted by molar-refractivity contribution is -0.140. The van der Waals surface area contributed by atoms with Crippen LogP contribution in [0.1, 0.15) is 67.9 Å². The summed E-state index contributed by atoms with van der Waals surface area (Å²) in [4.78, 5) is 41.7. The molecule has 0 unspecified atom stereocenters. The van der Waals surface area contributed by atoms with Gasteiger partial charge in [-0.2, -0.15) is 0 Å². The molecule has 0 aromatic heterocycles. The van der Waals surface area contributed by atoms with Crippen LogP contribution in [0.5, 0.6) is 0 Å². The first-order valence-corrected chi connectivity index (χ1v) is 12.7. The summed E-state index contributed by atoms with van der Waals surface area (Å²) in [5, 5.41) is 9.22. The molecule has 0 bridgehead atoms. The predicted molar refractivity (Wildman–Crippen MR) is 136 cm³/mol. The number of rotatable bonds is 6. The lowest BCUT2D eigenvalue weighted by atomic mass is 9.76. The van der Waals surface area contributed by atoms with Crippen LogP contribution in [0.2, 0.25) is 0 Å². The first kappa shape index (κ1) is 25.7. The molecule has 1 heterocycles. The number of carboxylic acid groups (broad SMARTS) is 1. The molecule has 1 aliphatic carbocycles. The molecule has 2 aromatic carbocycles. The second kappa shape index (κ2) is 10.3. The molecular weight excluding hydrogens is 456 g/mol. The second-order valence-corrected chi connectivity index (χ2v) is 11.1. The molecule has 2 fully saturated rings. The number of carbonyl (C=O) groups excluding carboxylic acids is 2. The van der Waals surface area contributed by atoms with Crippen molar-refractivity contribution < 1.29 is 24.2 Å². The van der Waals surface area contributed by atoms with Crippen LogP contribution >= 0.6 is 0 Å². The third-order valence-corrected chi connectivity index (χ3v) is 7.34. The van der Waals surface area contributed by atoms with E-state index in [2.05, 4.69) is 0 Å². The summed E-state index contributed by atoms with van der Waals surface area (Å²) in [6.45, 7) is 7.62. The maximum atomic E-state index is 14.1. The quantitative estimate of drug-likeness (QED) is 0.588. The molecule has 1 N–H and O–H groups in total. The summed E-state index contributed by atoms with van der Waals surface area (Å²) in [7, 11) is 0. The van der Waals surface area contributed by atoms with Gasteiger partial charge in [0.05, 0.1) is 5.56 Å². The van der Waals surface area contributed by atoms with E-state index in [0.29, 0.717) is 26.2 Å². The van der Waals surface area contributed by atoms with Crippen LogP contribution in [0, 0.1) is 11.3 Å². The van der Waals surface area contributed by atoms with Crippen molar-refractivity contribution in [3.63, 3.8) is 0 Å². The predicted octanol–water partition coefficient (Wildman–Crippen LogP) is 5.34. The Morgan fingerprint density at radius 3 is 2.25 bits per heavy atom. The number of likely N-dealkylation sites (tertiary alicyclic amines) is 1. The Kier molecular flexibility index (Phi) is 7.38. The van der Waals surface area contributed by atoms with Crippen molar-refractivity contribution in [1.29, 1.82) is 0 Å². The van der Waals surface area contributed by atoms with Crippen LogP contribution in [0.4, 0.5) is 4.79 Å². The van der Waals surface area contributed by atoms with E-state index in [4.69, 9.17) is 4.74 Å². The van der Waals surface area contributed by atoms with Gasteiger partial charge in [-0.15, -0.1) is 0 Å². The Bertz CT molecular complexity index is 1090. The van der Waals surface area contributed by atoms with Crippen LogP contribution in [0.3, 0.4) is 0 Å². The van der Waals surface area contributed by atoms with E-state index in [-0.39, 0.29) is 28.9 Å². The molecule has 4 rings (SSSR count). The molecule has 2 amide bonds. The van der Waals surface area contributed by atoms with Crippen molar-refractivity contribution in [2.75, 3.05) is 13.1 Å². The standard InChI is InChI=1S/C29H36N2O5/c1-28(2,3)36-27(35)30-17-16-29(20-30)15-7-10-24(29)25(32)31(18-21-8-5-4-6-9-21)19-22-11-13-23(14-12-22)26(33)34/h4-6,8-9,11-14,24H,7,10,15-20H2,1-3H3,(H,33,34)/t24-,29-/m0/s1. The van der Waals surface area contributed by atoms with E-state index in [1.54, 1.807) is 29.2 Å². The molecular formula is C29H36N2O5. The molecule has 1 spiro atoms. The lowest BCUT2D eigenvalue weighted by Gasteiger charge is -2.35. The Labute approximate surface area is 213 Å². The Morgan fingerprint density at radius 2 is 1.64 bits per heavy atom. The summed E-state index contributed by atoms with van der Waals surface area (Å²) in [5.41, 5.74) is 1.37. The maximum Gasteiger partial charge on any atom is 0.410 e. The zero-order valence-electron chi connectivity index (χ0n) is 21.4. The minimum absolute atomic E-state index is 0.102. The average molecular weight is 493 g/mol. The highest BCUT2D eigenvalue weighted by Crippen LogP contribution is 2.50. The zero-order chi connectivity index (χ0) is 25.9. The van der Waals surface area contributed by atoms with E-state index >= 15 is 0 Å². The zero-order valence-corrected chi connectivity index (χ0v) is 21.4.